The number of halogens is 3. The van der Waals surface area contributed by atoms with Crippen molar-refractivity contribution in [1.29, 1.82) is 0 Å². The monoisotopic (exact) mass is 284 g/mol. The summed E-state index contributed by atoms with van der Waals surface area (Å²) in [6.07, 6.45) is -2.69. The van der Waals surface area contributed by atoms with Crippen molar-refractivity contribution in [1.82, 2.24) is 0 Å². The first-order valence-electron chi connectivity index (χ1n) is 7.02. The molecule has 1 saturated carbocycles. The first-order chi connectivity index (χ1) is 9.38. The van der Waals surface area contributed by atoms with Crippen molar-refractivity contribution in [3.05, 3.63) is 35.4 Å². The van der Waals surface area contributed by atoms with Gasteiger partial charge in [0, 0.05) is 12.3 Å². The first kappa shape index (κ1) is 15.1. The quantitative estimate of drug-likeness (QED) is 0.800. The van der Waals surface area contributed by atoms with Crippen LogP contribution in [0.2, 0.25) is 0 Å². The van der Waals surface area contributed by atoms with Gasteiger partial charge in [0.25, 0.3) is 0 Å². The van der Waals surface area contributed by atoms with E-state index in [9.17, 15) is 18.0 Å². The van der Waals surface area contributed by atoms with E-state index in [2.05, 4.69) is 0 Å². The van der Waals surface area contributed by atoms with Gasteiger partial charge in [-0.3, -0.25) is 4.79 Å². The van der Waals surface area contributed by atoms with Gasteiger partial charge in [-0.2, -0.15) is 13.2 Å². The van der Waals surface area contributed by atoms with Crippen LogP contribution in [0.3, 0.4) is 0 Å². The lowest BCUT2D eigenvalue weighted by atomic mass is 9.77. The smallest absolute Gasteiger partial charge is 0.299 e. The second-order valence-corrected chi connectivity index (χ2v) is 5.67. The molecule has 0 bridgehead atoms. The van der Waals surface area contributed by atoms with Crippen molar-refractivity contribution in [2.45, 2.75) is 45.2 Å². The number of aryl methyl sites for hydroxylation is 1. The fourth-order valence-corrected chi connectivity index (χ4v) is 2.92. The molecule has 2 rings (SSSR count). The minimum absolute atomic E-state index is 0.0335. The van der Waals surface area contributed by atoms with E-state index in [1.807, 2.05) is 31.2 Å². The number of benzene rings is 1. The first-order valence-corrected chi connectivity index (χ1v) is 7.02. The Labute approximate surface area is 117 Å². The Kier molecular flexibility index (Phi) is 4.51. The highest BCUT2D eigenvalue weighted by atomic mass is 19.4. The molecule has 1 aromatic rings. The normalized spacial score (nSPS) is 23.6. The predicted molar refractivity (Wildman–Crippen MR) is 71.4 cm³/mol. The highest BCUT2D eigenvalue weighted by molar-refractivity contribution is 5.83. The molecule has 0 amide bonds. The molecule has 0 spiro atoms. The summed E-state index contributed by atoms with van der Waals surface area (Å²) in [5.41, 5.74) is 1.94. The van der Waals surface area contributed by atoms with Gasteiger partial charge in [0.1, 0.15) is 5.78 Å². The summed E-state index contributed by atoms with van der Waals surface area (Å²) < 4.78 is 38.3. The van der Waals surface area contributed by atoms with Crippen LogP contribution < -0.4 is 0 Å². The molecule has 4 heteroatoms. The molecule has 20 heavy (non-hydrogen) atoms. The molecular formula is C16H19F3O. The Bertz CT molecular complexity index is 479. The summed E-state index contributed by atoms with van der Waals surface area (Å²) in [5.74, 6) is -1.79. The number of carbonyl (C=O) groups excluding carboxylic acids is 1. The van der Waals surface area contributed by atoms with Gasteiger partial charge in [0.15, 0.2) is 0 Å². The highest BCUT2D eigenvalue weighted by Crippen LogP contribution is 2.40. The van der Waals surface area contributed by atoms with Crippen LogP contribution in [0.5, 0.6) is 0 Å². The molecule has 1 aliphatic rings. The van der Waals surface area contributed by atoms with Crippen LogP contribution >= 0.6 is 0 Å². The standard InChI is InChI=1S/C16H19F3O/c1-11-5-2-3-6-12(11)10-15(20)13-7-4-8-14(9-13)16(17,18)19/h2-3,5-6,13-14H,4,7-10H2,1H3. The Hall–Kier alpha value is -1.32. The molecule has 1 fully saturated rings. The van der Waals surface area contributed by atoms with Crippen LogP contribution in [-0.2, 0) is 11.2 Å². The van der Waals surface area contributed by atoms with Gasteiger partial charge in [-0.25, -0.2) is 0 Å². The van der Waals surface area contributed by atoms with E-state index in [0.717, 1.165) is 11.1 Å². The summed E-state index contributed by atoms with van der Waals surface area (Å²) in [5, 5.41) is 0. The summed E-state index contributed by atoms with van der Waals surface area (Å²) in [6.45, 7) is 1.92. The summed E-state index contributed by atoms with van der Waals surface area (Å²) in [4.78, 5) is 12.2. The van der Waals surface area contributed by atoms with E-state index >= 15 is 0 Å². The molecular weight excluding hydrogens is 265 g/mol. The van der Waals surface area contributed by atoms with Crippen molar-refractivity contribution in [2.75, 3.05) is 0 Å². The predicted octanol–water partition coefficient (Wildman–Crippen LogP) is 4.48. The number of Topliss-reactive ketones (excluding diaryl/α,β-unsaturated/α-hetero) is 1. The van der Waals surface area contributed by atoms with Crippen molar-refractivity contribution in [3.63, 3.8) is 0 Å². The molecule has 1 aliphatic carbocycles. The molecule has 2 atom stereocenters. The third-order valence-corrected chi connectivity index (χ3v) is 4.22. The van der Waals surface area contributed by atoms with Crippen molar-refractivity contribution in [2.24, 2.45) is 11.8 Å². The van der Waals surface area contributed by atoms with E-state index in [1.165, 1.54) is 0 Å². The molecule has 0 aliphatic heterocycles. The van der Waals surface area contributed by atoms with Gasteiger partial charge in [0.2, 0.25) is 0 Å². The van der Waals surface area contributed by atoms with E-state index in [0.29, 0.717) is 12.8 Å². The van der Waals surface area contributed by atoms with Gasteiger partial charge in [0.05, 0.1) is 5.92 Å². The van der Waals surface area contributed by atoms with E-state index < -0.39 is 18.0 Å². The molecule has 0 saturated heterocycles. The van der Waals surface area contributed by atoms with Crippen LogP contribution in [0, 0.1) is 18.8 Å². The maximum Gasteiger partial charge on any atom is 0.391 e. The Balaban J connectivity index is 2.01. The minimum Gasteiger partial charge on any atom is -0.299 e. The lowest BCUT2D eigenvalue weighted by Gasteiger charge is -2.29. The zero-order valence-corrected chi connectivity index (χ0v) is 11.5. The van der Waals surface area contributed by atoms with Gasteiger partial charge < -0.3 is 0 Å². The Morgan fingerprint density at radius 3 is 2.60 bits per heavy atom. The van der Waals surface area contributed by atoms with Crippen LogP contribution in [0.25, 0.3) is 0 Å². The molecule has 1 nitrogen and oxygen atoms in total. The molecule has 0 N–H and O–H groups in total. The second-order valence-electron chi connectivity index (χ2n) is 5.67. The number of hydrogen-bond donors (Lipinski definition) is 0. The summed E-state index contributed by atoms with van der Waals surface area (Å²) in [7, 11) is 0. The molecule has 1 aromatic carbocycles. The molecule has 0 heterocycles. The fraction of sp³-hybridized carbons (Fsp3) is 0.562. The van der Waals surface area contributed by atoms with Crippen molar-refractivity contribution in [3.8, 4) is 0 Å². The second kappa shape index (κ2) is 5.98. The lowest BCUT2D eigenvalue weighted by molar-refractivity contribution is -0.186. The largest absolute Gasteiger partial charge is 0.391 e. The topological polar surface area (TPSA) is 17.1 Å². The maximum atomic E-state index is 12.8. The van der Waals surface area contributed by atoms with Crippen LogP contribution in [-0.4, -0.2) is 12.0 Å². The Morgan fingerprint density at radius 2 is 1.95 bits per heavy atom. The van der Waals surface area contributed by atoms with Crippen molar-refractivity contribution >= 4 is 5.78 Å². The number of hydrogen-bond acceptors (Lipinski definition) is 1. The lowest BCUT2D eigenvalue weighted by Crippen LogP contribution is -2.32. The van der Waals surface area contributed by atoms with E-state index in [4.69, 9.17) is 0 Å². The van der Waals surface area contributed by atoms with Crippen LogP contribution in [0.1, 0.15) is 36.8 Å². The number of ketones is 1. The zero-order valence-electron chi connectivity index (χ0n) is 11.5. The maximum absolute atomic E-state index is 12.8. The third-order valence-electron chi connectivity index (χ3n) is 4.22. The highest BCUT2D eigenvalue weighted by Gasteiger charge is 2.43. The van der Waals surface area contributed by atoms with Gasteiger partial charge >= 0.3 is 6.18 Å². The molecule has 2 unspecified atom stereocenters. The number of carbonyl (C=O) groups is 1. The average Bonchev–Trinajstić information content (AvgIpc) is 2.40. The van der Waals surface area contributed by atoms with Gasteiger partial charge in [-0.1, -0.05) is 30.7 Å². The van der Waals surface area contributed by atoms with E-state index in [1.54, 1.807) is 0 Å². The third kappa shape index (κ3) is 3.62. The van der Waals surface area contributed by atoms with Crippen LogP contribution in [0.15, 0.2) is 24.3 Å². The summed E-state index contributed by atoms with van der Waals surface area (Å²) in [6, 6.07) is 7.54. The number of alkyl halides is 3. The fourth-order valence-electron chi connectivity index (χ4n) is 2.92. The van der Waals surface area contributed by atoms with Gasteiger partial charge in [-0.15, -0.1) is 0 Å². The minimum atomic E-state index is -4.17. The molecule has 0 aromatic heterocycles. The summed E-state index contributed by atoms with van der Waals surface area (Å²) >= 11 is 0. The Morgan fingerprint density at radius 1 is 1.25 bits per heavy atom. The zero-order chi connectivity index (χ0) is 14.8. The molecule has 110 valence electrons. The molecule has 0 radical (unpaired) electrons. The van der Waals surface area contributed by atoms with Gasteiger partial charge in [-0.05, 0) is 37.3 Å². The number of rotatable bonds is 3. The average molecular weight is 284 g/mol. The van der Waals surface area contributed by atoms with Crippen LogP contribution in [0.4, 0.5) is 13.2 Å². The van der Waals surface area contributed by atoms with E-state index in [-0.39, 0.29) is 25.0 Å². The SMILES string of the molecule is Cc1ccccc1CC(=O)C1CCCC(C(F)(F)F)C1. The van der Waals surface area contributed by atoms with Crippen molar-refractivity contribution < 1.29 is 18.0 Å².